The van der Waals surface area contributed by atoms with Crippen molar-refractivity contribution in [2.45, 2.75) is 13.5 Å². The first-order valence-corrected chi connectivity index (χ1v) is 6.03. The molecular weight excluding hydrogens is 267 g/mol. The van der Waals surface area contributed by atoms with Gasteiger partial charge in [-0.1, -0.05) is 12.1 Å². The molecule has 2 nitrogen and oxygen atoms in total. The Morgan fingerprint density at radius 2 is 1.70 bits per heavy atom. The molecule has 0 aliphatic rings. The van der Waals surface area contributed by atoms with Crippen molar-refractivity contribution in [3.8, 4) is 5.75 Å². The fourth-order valence-electron chi connectivity index (χ4n) is 1.91. The van der Waals surface area contributed by atoms with Gasteiger partial charge < -0.3 is 10.1 Å². The van der Waals surface area contributed by atoms with E-state index in [4.69, 9.17) is 4.74 Å². The first-order chi connectivity index (χ1) is 9.51. The van der Waals surface area contributed by atoms with E-state index in [0.29, 0.717) is 12.6 Å². The van der Waals surface area contributed by atoms with Crippen molar-refractivity contribution < 1.29 is 17.9 Å². The lowest BCUT2D eigenvalue weighted by atomic mass is 10.1. The van der Waals surface area contributed by atoms with E-state index in [2.05, 4.69) is 5.32 Å². The summed E-state index contributed by atoms with van der Waals surface area (Å²) < 4.78 is 44.4. The van der Waals surface area contributed by atoms with Crippen molar-refractivity contribution in [3.63, 3.8) is 0 Å². The van der Waals surface area contributed by atoms with Crippen LogP contribution in [0.1, 0.15) is 11.1 Å². The van der Waals surface area contributed by atoms with Gasteiger partial charge in [0.15, 0.2) is 11.6 Å². The van der Waals surface area contributed by atoms with Gasteiger partial charge in [0, 0.05) is 18.7 Å². The van der Waals surface area contributed by atoms with E-state index in [1.807, 2.05) is 19.1 Å². The Bertz CT molecular complexity index is 629. The molecule has 0 fully saturated rings. The number of rotatable bonds is 4. The Hall–Kier alpha value is -2.17. The Balaban J connectivity index is 2.13. The summed E-state index contributed by atoms with van der Waals surface area (Å²) in [4.78, 5) is 0. The third-order valence-corrected chi connectivity index (χ3v) is 2.95. The Morgan fingerprint density at radius 3 is 2.35 bits per heavy atom. The highest BCUT2D eigenvalue weighted by atomic mass is 19.2. The zero-order valence-corrected chi connectivity index (χ0v) is 11.1. The predicted molar refractivity (Wildman–Crippen MR) is 71.4 cm³/mol. The van der Waals surface area contributed by atoms with Crippen molar-refractivity contribution in [1.29, 1.82) is 0 Å². The van der Waals surface area contributed by atoms with Crippen LogP contribution in [0.25, 0.3) is 0 Å². The Labute approximate surface area is 115 Å². The standard InChI is InChI=1S/C15H14F3NO/c1-9-5-10(3-4-15(9)20-2)8-19-14-7-12(17)11(16)6-13(14)18/h3-7,19H,8H2,1-2H3. The van der Waals surface area contributed by atoms with Crippen molar-refractivity contribution >= 4 is 5.69 Å². The number of ether oxygens (including phenoxy) is 1. The molecule has 2 rings (SSSR count). The van der Waals surface area contributed by atoms with Gasteiger partial charge >= 0.3 is 0 Å². The second-order valence-corrected chi connectivity index (χ2v) is 4.40. The van der Waals surface area contributed by atoms with E-state index >= 15 is 0 Å². The van der Waals surface area contributed by atoms with Crippen LogP contribution in [-0.2, 0) is 6.54 Å². The molecule has 0 spiro atoms. The third-order valence-electron chi connectivity index (χ3n) is 2.95. The number of anilines is 1. The predicted octanol–water partition coefficient (Wildman–Crippen LogP) is 4.03. The van der Waals surface area contributed by atoms with E-state index in [0.717, 1.165) is 22.9 Å². The second kappa shape index (κ2) is 5.86. The van der Waals surface area contributed by atoms with Gasteiger partial charge in [0.2, 0.25) is 0 Å². The fraction of sp³-hybridized carbons (Fsp3) is 0.200. The first kappa shape index (κ1) is 14.2. The van der Waals surface area contributed by atoms with Gasteiger partial charge in [-0.3, -0.25) is 0 Å². The van der Waals surface area contributed by atoms with Gasteiger partial charge in [0.1, 0.15) is 11.6 Å². The van der Waals surface area contributed by atoms with E-state index in [-0.39, 0.29) is 5.69 Å². The zero-order valence-electron chi connectivity index (χ0n) is 11.1. The summed E-state index contributed by atoms with van der Waals surface area (Å²) in [7, 11) is 1.58. The molecule has 0 amide bonds. The summed E-state index contributed by atoms with van der Waals surface area (Å²) in [5, 5.41) is 2.74. The minimum absolute atomic E-state index is 0.0719. The topological polar surface area (TPSA) is 21.3 Å². The lowest BCUT2D eigenvalue weighted by molar-refractivity contribution is 0.411. The second-order valence-electron chi connectivity index (χ2n) is 4.40. The molecule has 2 aromatic rings. The lowest BCUT2D eigenvalue weighted by Crippen LogP contribution is -2.03. The molecule has 0 saturated carbocycles. The van der Waals surface area contributed by atoms with Crippen molar-refractivity contribution in [1.82, 2.24) is 0 Å². The number of hydrogen-bond acceptors (Lipinski definition) is 2. The minimum Gasteiger partial charge on any atom is -0.496 e. The van der Waals surface area contributed by atoms with Gasteiger partial charge in [-0.05, 0) is 24.1 Å². The van der Waals surface area contributed by atoms with Gasteiger partial charge in [-0.15, -0.1) is 0 Å². The molecule has 0 heterocycles. The Morgan fingerprint density at radius 1 is 1.00 bits per heavy atom. The number of aryl methyl sites for hydroxylation is 1. The maximum Gasteiger partial charge on any atom is 0.161 e. The summed E-state index contributed by atoms with van der Waals surface area (Å²) in [6.07, 6.45) is 0. The molecule has 0 aromatic heterocycles. The van der Waals surface area contributed by atoms with Crippen LogP contribution >= 0.6 is 0 Å². The van der Waals surface area contributed by atoms with E-state index < -0.39 is 17.5 Å². The quantitative estimate of drug-likeness (QED) is 0.854. The number of methoxy groups -OCH3 is 1. The molecule has 0 unspecified atom stereocenters. The highest BCUT2D eigenvalue weighted by Gasteiger charge is 2.09. The van der Waals surface area contributed by atoms with E-state index in [9.17, 15) is 13.2 Å². The lowest BCUT2D eigenvalue weighted by Gasteiger charge is -2.10. The average Bonchev–Trinajstić information content (AvgIpc) is 2.41. The molecular formula is C15H14F3NO. The highest BCUT2D eigenvalue weighted by Crippen LogP contribution is 2.21. The minimum atomic E-state index is -1.20. The van der Waals surface area contributed by atoms with Gasteiger partial charge in [0.25, 0.3) is 0 Å². The van der Waals surface area contributed by atoms with Crippen molar-refractivity contribution in [2.24, 2.45) is 0 Å². The van der Waals surface area contributed by atoms with Crippen LogP contribution in [-0.4, -0.2) is 7.11 Å². The monoisotopic (exact) mass is 281 g/mol. The van der Waals surface area contributed by atoms with Gasteiger partial charge in [-0.2, -0.15) is 0 Å². The number of hydrogen-bond donors (Lipinski definition) is 1. The molecule has 0 atom stereocenters. The van der Waals surface area contributed by atoms with E-state index in [1.165, 1.54) is 0 Å². The van der Waals surface area contributed by atoms with Crippen molar-refractivity contribution in [3.05, 3.63) is 58.9 Å². The van der Waals surface area contributed by atoms with Crippen LogP contribution in [0, 0.1) is 24.4 Å². The zero-order chi connectivity index (χ0) is 14.7. The summed E-state index contributed by atoms with van der Waals surface area (Å²) in [6, 6.07) is 6.83. The van der Waals surface area contributed by atoms with Crippen LogP contribution in [0.4, 0.5) is 18.9 Å². The van der Waals surface area contributed by atoms with E-state index in [1.54, 1.807) is 13.2 Å². The fourth-order valence-corrected chi connectivity index (χ4v) is 1.91. The molecule has 2 aromatic carbocycles. The van der Waals surface area contributed by atoms with Gasteiger partial charge in [0.05, 0.1) is 12.8 Å². The number of nitrogens with one attached hydrogen (secondary N) is 1. The number of benzene rings is 2. The van der Waals surface area contributed by atoms with Gasteiger partial charge in [-0.25, -0.2) is 13.2 Å². The molecule has 0 aliphatic carbocycles. The molecule has 106 valence electrons. The first-order valence-electron chi connectivity index (χ1n) is 6.03. The molecule has 20 heavy (non-hydrogen) atoms. The summed E-state index contributed by atoms with van der Waals surface area (Å²) >= 11 is 0. The van der Waals surface area contributed by atoms with Crippen LogP contribution in [0.3, 0.4) is 0 Å². The van der Waals surface area contributed by atoms with Crippen molar-refractivity contribution in [2.75, 3.05) is 12.4 Å². The highest BCUT2D eigenvalue weighted by molar-refractivity contribution is 5.46. The molecule has 0 saturated heterocycles. The summed E-state index contributed by atoms with van der Waals surface area (Å²) in [5.74, 6) is -2.35. The Kier molecular flexibility index (Phi) is 4.17. The normalized spacial score (nSPS) is 10.4. The summed E-state index contributed by atoms with van der Waals surface area (Å²) in [5.41, 5.74) is 1.75. The maximum atomic E-state index is 13.4. The average molecular weight is 281 g/mol. The number of halogens is 3. The van der Waals surface area contributed by atoms with Crippen LogP contribution in [0.15, 0.2) is 30.3 Å². The van der Waals surface area contributed by atoms with Crippen LogP contribution < -0.4 is 10.1 Å². The van der Waals surface area contributed by atoms with Crippen LogP contribution in [0.2, 0.25) is 0 Å². The molecule has 0 radical (unpaired) electrons. The largest absolute Gasteiger partial charge is 0.496 e. The SMILES string of the molecule is COc1ccc(CNc2cc(F)c(F)cc2F)cc1C. The molecule has 0 bridgehead atoms. The summed E-state index contributed by atoms with van der Waals surface area (Å²) in [6.45, 7) is 2.19. The maximum absolute atomic E-state index is 13.4. The molecule has 0 aliphatic heterocycles. The third kappa shape index (κ3) is 3.04. The molecule has 1 N–H and O–H groups in total. The smallest absolute Gasteiger partial charge is 0.161 e. The molecule has 5 heteroatoms. The van der Waals surface area contributed by atoms with Crippen LogP contribution in [0.5, 0.6) is 5.75 Å².